The van der Waals surface area contributed by atoms with E-state index >= 15 is 0 Å². The zero-order valence-corrected chi connectivity index (χ0v) is 19.7. The molecule has 1 aliphatic carbocycles. The number of nitrogens with one attached hydrogen (secondary N) is 1. The molecule has 7 nitrogen and oxygen atoms in total. The van der Waals surface area contributed by atoms with Gasteiger partial charge in [-0.25, -0.2) is 9.59 Å². The van der Waals surface area contributed by atoms with Crippen LogP contribution in [-0.4, -0.2) is 53.2 Å². The van der Waals surface area contributed by atoms with Crippen LogP contribution in [-0.2, 0) is 14.3 Å². The normalized spacial score (nSPS) is 19.4. The number of rotatable bonds is 6. The molecule has 0 radical (unpaired) electrons. The Morgan fingerprint density at radius 1 is 1.00 bits per heavy atom. The van der Waals surface area contributed by atoms with E-state index in [-0.39, 0.29) is 18.4 Å². The number of carbonyl (C=O) groups excluding carboxylic acids is 2. The van der Waals surface area contributed by atoms with Crippen LogP contribution in [0.15, 0.2) is 48.5 Å². The maximum Gasteiger partial charge on any atom is 0.407 e. The van der Waals surface area contributed by atoms with Gasteiger partial charge in [-0.05, 0) is 42.0 Å². The first kappa shape index (κ1) is 23.8. The molecule has 0 bridgehead atoms. The van der Waals surface area contributed by atoms with Crippen molar-refractivity contribution >= 4 is 18.0 Å². The van der Waals surface area contributed by atoms with Gasteiger partial charge in [-0.3, -0.25) is 4.79 Å². The molecule has 1 heterocycles. The summed E-state index contributed by atoms with van der Waals surface area (Å²) in [5.74, 6) is -1.83. The van der Waals surface area contributed by atoms with Crippen molar-refractivity contribution in [1.29, 1.82) is 0 Å². The lowest BCUT2D eigenvalue weighted by atomic mass is 9.98. The molecule has 7 heteroatoms. The van der Waals surface area contributed by atoms with Gasteiger partial charge in [0, 0.05) is 18.5 Å². The summed E-state index contributed by atoms with van der Waals surface area (Å²) in [5, 5.41) is 12.4. The van der Waals surface area contributed by atoms with Gasteiger partial charge in [0.2, 0.25) is 5.91 Å². The lowest BCUT2D eigenvalue weighted by Crippen LogP contribution is -2.51. The third-order valence-electron chi connectivity index (χ3n) is 7.15. The summed E-state index contributed by atoms with van der Waals surface area (Å²) < 4.78 is 5.60. The molecule has 1 fully saturated rings. The molecule has 3 atom stereocenters. The number of benzene rings is 2. The molecule has 1 saturated heterocycles. The smallest absolute Gasteiger partial charge is 0.407 e. The van der Waals surface area contributed by atoms with E-state index in [0.29, 0.717) is 13.0 Å². The number of ether oxygens (including phenoxy) is 1. The van der Waals surface area contributed by atoms with E-state index in [4.69, 9.17) is 4.74 Å². The number of carboxylic acids is 1. The summed E-state index contributed by atoms with van der Waals surface area (Å²) in [6.07, 6.45) is 2.37. The van der Waals surface area contributed by atoms with Gasteiger partial charge in [-0.2, -0.15) is 0 Å². The molecule has 2 N–H and O–H groups in total. The minimum absolute atomic E-state index is 0.0408. The highest BCUT2D eigenvalue weighted by Crippen LogP contribution is 2.44. The fraction of sp³-hybridized carbons (Fsp3) is 0.444. The Balaban J connectivity index is 1.37. The highest BCUT2D eigenvalue weighted by Gasteiger charge is 2.35. The number of hydrogen-bond donors (Lipinski definition) is 2. The van der Waals surface area contributed by atoms with Gasteiger partial charge in [0.25, 0.3) is 0 Å². The Morgan fingerprint density at radius 3 is 2.24 bits per heavy atom. The van der Waals surface area contributed by atoms with E-state index in [1.54, 1.807) is 13.8 Å². The molecular weight excluding hydrogens is 432 g/mol. The summed E-state index contributed by atoms with van der Waals surface area (Å²) in [7, 11) is 0. The Morgan fingerprint density at radius 2 is 1.62 bits per heavy atom. The molecule has 180 valence electrons. The second kappa shape index (κ2) is 10.3. The first-order valence-corrected chi connectivity index (χ1v) is 12.0. The molecule has 0 aromatic heterocycles. The van der Waals surface area contributed by atoms with Crippen molar-refractivity contribution in [2.24, 2.45) is 5.92 Å². The molecule has 2 aliphatic rings. The van der Waals surface area contributed by atoms with Gasteiger partial charge < -0.3 is 20.1 Å². The summed E-state index contributed by atoms with van der Waals surface area (Å²) in [6.45, 7) is 4.10. The van der Waals surface area contributed by atoms with Crippen LogP contribution in [0.4, 0.5) is 4.79 Å². The summed E-state index contributed by atoms with van der Waals surface area (Å²) >= 11 is 0. The minimum atomic E-state index is -0.973. The zero-order chi connectivity index (χ0) is 24.2. The maximum atomic E-state index is 13.1. The molecule has 4 rings (SSSR count). The largest absolute Gasteiger partial charge is 0.480 e. The van der Waals surface area contributed by atoms with Crippen LogP contribution >= 0.6 is 0 Å². The molecular formula is C27H32N2O5. The number of likely N-dealkylation sites (tertiary alicyclic amines) is 1. The standard InChI is InChI=1S/C27H32N2O5/c1-17(25(30)29-15-9-3-4-14-24(29)26(31)32)18(2)28-27(33)34-16-23-21-12-7-5-10-19(21)20-11-6-8-13-22(20)23/h5-8,10-13,17-18,23-24H,3-4,9,14-16H2,1-2H3,(H,28,33)(H,31,32). The third-order valence-corrected chi connectivity index (χ3v) is 7.15. The molecule has 2 amide bonds. The number of hydrogen-bond acceptors (Lipinski definition) is 4. The molecule has 34 heavy (non-hydrogen) atoms. The van der Waals surface area contributed by atoms with Crippen molar-refractivity contribution in [3.63, 3.8) is 0 Å². The summed E-state index contributed by atoms with van der Waals surface area (Å²) in [6, 6.07) is 15.0. The Kier molecular flexibility index (Phi) is 7.20. The van der Waals surface area contributed by atoms with Gasteiger partial charge in [-0.15, -0.1) is 0 Å². The van der Waals surface area contributed by atoms with Crippen molar-refractivity contribution in [1.82, 2.24) is 10.2 Å². The van der Waals surface area contributed by atoms with E-state index < -0.39 is 30.1 Å². The monoisotopic (exact) mass is 464 g/mol. The van der Waals surface area contributed by atoms with Crippen LogP contribution in [0.1, 0.15) is 56.6 Å². The van der Waals surface area contributed by atoms with E-state index in [9.17, 15) is 19.5 Å². The fourth-order valence-electron chi connectivity index (χ4n) is 5.06. The molecule has 3 unspecified atom stereocenters. The second-order valence-corrected chi connectivity index (χ2v) is 9.28. The number of fused-ring (bicyclic) bond motifs is 3. The highest BCUT2D eigenvalue weighted by molar-refractivity contribution is 5.86. The second-order valence-electron chi connectivity index (χ2n) is 9.28. The van der Waals surface area contributed by atoms with Crippen LogP contribution in [0.5, 0.6) is 0 Å². The van der Waals surface area contributed by atoms with Crippen molar-refractivity contribution in [2.45, 2.75) is 57.5 Å². The number of alkyl carbamates (subject to hydrolysis) is 1. The average molecular weight is 465 g/mol. The van der Waals surface area contributed by atoms with Gasteiger partial charge >= 0.3 is 12.1 Å². The van der Waals surface area contributed by atoms with Gasteiger partial charge in [-0.1, -0.05) is 68.3 Å². The molecule has 0 saturated carbocycles. The highest BCUT2D eigenvalue weighted by atomic mass is 16.5. The fourth-order valence-corrected chi connectivity index (χ4v) is 5.06. The molecule has 1 aliphatic heterocycles. The van der Waals surface area contributed by atoms with E-state index in [0.717, 1.165) is 41.5 Å². The van der Waals surface area contributed by atoms with Crippen molar-refractivity contribution in [3.05, 3.63) is 59.7 Å². The Bertz CT molecular complexity index is 1020. The van der Waals surface area contributed by atoms with E-state index in [2.05, 4.69) is 29.6 Å². The van der Waals surface area contributed by atoms with Crippen molar-refractivity contribution in [3.8, 4) is 11.1 Å². The number of aliphatic carboxylic acids is 1. The van der Waals surface area contributed by atoms with Crippen LogP contribution in [0.2, 0.25) is 0 Å². The third kappa shape index (κ3) is 4.79. The average Bonchev–Trinajstić information content (AvgIpc) is 2.97. The SMILES string of the molecule is CC(NC(=O)OCC1c2ccccc2-c2ccccc21)C(C)C(=O)N1CCCCCC1C(=O)O. The Hall–Kier alpha value is -3.35. The van der Waals surface area contributed by atoms with Crippen LogP contribution in [0.25, 0.3) is 11.1 Å². The van der Waals surface area contributed by atoms with Crippen LogP contribution < -0.4 is 5.32 Å². The van der Waals surface area contributed by atoms with Gasteiger partial charge in [0.15, 0.2) is 0 Å². The quantitative estimate of drug-likeness (QED) is 0.660. The van der Waals surface area contributed by atoms with Crippen molar-refractivity contribution < 1.29 is 24.2 Å². The van der Waals surface area contributed by atoms with E-state index in [1.165, 1.54) is 4.90 Å². The summed E-state index contributed by atoms with van der Waals surface area (Å²) in [4.78, 5) is 38.9. The molecule has 0 spiro atoms. The lowest BCUT2D eigenvalue weighted by Gasteiger charge is -2.31. The molecule has 2 aromatic rings. The Labute approximate surface area is 200 Å². The van der Waals surface area contributed by atoms with Crippen LogP contribution in [0, 0.1) is 5.92 Å². The lowest BCUT2D eigenvalue weighted by molar-refractivity contribution is -0.152. The molecule has 2 aromatic carbocycles. The number of carboxylic acid groups (broad SMARTS) is 1. The predicted molar refractivity (Wildman–Crippen MR) is 128 cm³/mol. The minimum Gasteiger partial charge on any atom is -0.480 e. The first-order chi connectivity index (χ1) is 16.4. The maximum absolute atomic E-state index is 13.1. The zero-order valence-electron chi connectivity index (χ0n) is 19.7. The van der Waals surface area contributed by atoms with E-state index in [1.807, 2.05) is 24.3 Å². The van der Waals surface area contributed by atoms with Crippen molar-refractivity contribution in [2.75, 3.05) is 13.2 Å². The summed E-state index contributed by atoms with van der Waals surface area (Å²) in [5.41, 5.74) is 4.58. The first-order valence-electron chi connectivity index (χ1n) is 12.0. The van der Waals surface area contributed by atoms with Gasteiger partial charge in [0.05, 0.1) is 5.92 Å². The number of nitrogens with zero attached hydrogens (tertiary/aromatic N) is 1. The topological polar surface area (TPSA) is 95.9 Å². The van der Waals surface area contributed by atoms with Gasteiger partial charge in [0.1, 0.15) is 12.6 Å². The number of amides is 2. The predicted octanol–water partition coefficient (Wildman–Crippen LogP) is 4.41. The number of carbonyl (C=O) groups is 3. The van der Waals surface area contributed by atoms with Crippen LogP contribution in [0.3, 0.4) is 0 Å².